The van der Waals surface area contributed by atoms with Crippen molar-refractivity contribution in [3.63, 3.8) is 0 Å². The number of hydrogen-bond acceptors (Lipinski definition) is 2. The molecule has 1 saturated heterocycles. The van der Waals surface area contributed by atoms with E-state index in [4.69, 9.17) is 0 Å². The van der Waals surface area contributed by atoms with Crippen LogP contribution >= 0.6 is 15.9 Å². The van der Waals surface area contributed by atoms with E-state index in [0.29, 0.717) is 0 Å². The molecule has 1 N–H and O–H groups in total. The van der Waals surface area contributed by atoms with E-state index in [9.17, 15) is 14.7 Å². The number of nitrogens with zero attached hydrogens (tertiary/aromatic N) is 1. The highest BCUT2D eigenvalue weighted by Crippen LogP contribution is 2.38. The van der Waals surface area contributed by atoms with Crippen molar-refractivity contribution in [3.8, 4) is 0 Å². The molecule has 0 saturated carbocycles. The van der Waals surface area contributed by atoms with Gasteiger partial charge < -0.3 is 10.0 Å². The second kappa shape index (κ2) is 4.72. The molecule has 4 nitrogen and oxygen atoms in total. The van der Waals surface area contributed by atoms with Gasteiger partial charge in [-0.3, -0.25) is 9.59 Å². The summed E-state index contributed by atoms with van der Waals surface area (Å²) >= 11 is 3.38. The molecule has 2 atom stereocenters. The maximum atomic E-state index is 11.7. The molecular weight excluding hydrogens is 298 g/mol. The third-order valence-corrected chi connectivity index (χ3v) is 3.95. The molecule has 1 amide bonds. The lowest BCUT2D eigenvalue weighted by molar-refractivity contribution is -0.142. The summed E-state index contributed by atoms with van der Waals surface area (Å²) in [5.74, 6) is -1.70. The first-order valence-corrected chi connectivity index (χ1v) is 6.45. The minimum absolute atomic E-state index is 0.0754. The van der Waals surface area contributed by atoms with Crippen LogP contribution in [0.15, 0.2) is 22.7 Å². The van der Waals surface area contributed by atoms with Gasteiger partial charge in [-0.05, 0) is 30.2 Å². The zero-order chi connectivity index (χ0) is 13.4. The molecule has 0 aromatic heterocycles. The highest BCUT2D eigenvalue weighted by atomic mass is 79.9. The second-order valence-corrected chi connectivity index (χ2v) is 5.51. The highest BCUT2D eigenvalue weighted by molar-refractivity contribution is 9.10. The van der Waals surface area contributed by atoms with E-state index in [1.807, 2.05) is 25.1 Å². The molecule has 1 fully saturated rings. The van der Waals surface area contributed by atoms with Crippen molar-refractivity contribution >= 4 is 27.8 Å². The monoisotopic (exact) mass is 311 g/mol. The summed E-state index contributed by atoms with van der Waals surface area (Å²) in [6.07, 6.45) is 0.0754. The number of benzene rings is 1. The molecule has 1 heterocycles. The summed E-state index contributed by atoms with van der Waals surface area (Å²) in [4.78, 5) is 24.5. The number of rotatable bonds is 2. The summed E-state index contributed by atoms with van der Waals surface area (Å²) in [6, 6.07) is 5.32. The van der Waals surface area contributed by atoms with E-state index in [1.54, 1.807) is 7.05 Å². The van der Waals surface area contributed by atoms with Crippen LogP contribution in [0.5, 0.6) is 0 Å². The molecule has 96 valence electrons. The molecule has 2 rings (SSSR count). The smallest absolute Gasteiger partial charge is 0.309 e. The fourth-order valence-corrected chi connectivity index (χ4v) is 2.96. The summed E-state index contributed by atoms with van der Waals surface area (Å²) in [5, 5.41) is 9.24. The van der Waals surface area contributed by atoms with Crippen LogP contribution in [0.4, 0.5) is 0 Å². The lowest BCUT2D eigenvalue weighted by atomic mass is 9.91. The van der Waals surface area contributed by atoms with Crippen LogP contribution in [0.1, 0.15) is 23.6 Å². The molecule has 0 bridgehead atoms. The molecule has 1 aliphatic heterocycles. The maximum absolute atomic E-state index is 11.7. The van der Waals surface area contributed by atoms with Gasteiger partial charge in [0.25, 0.3) is 0 Å². The number of carbonyl (C=O) groups is 2. The van der Waals surface area contributed by atoms with Crippen molar-refractivity contribution in [1.82, 2.24) is 4.90 Å². The van der Waals surface area contributed by atoms with E-state index in [1.165, 1.54) is 4.90 Å². The van der Waals surface area contributed by atoms with Gasteiger partial charge in [0, 0.05) is 17.9 Å². The van der Waals surface area contributed by atoms with E-state index in [0.717, 1.165) is 15.6 Å². The third-order valence-electron chi connectivity index (χ3n) is 3.45. The first kappa shape index (κ1) is 13.1. The number of amides is 1. The fraction of sp³-hybridized carbons (Fsp3) is 0.385. The van der Waals surface area contributed by atoms with E-state index >= 15 is 0 Å². The largest absolute Gasteiger partial charge is 0.481 e. The minimum Gasteiger partial charge on any atom is -0.481 e. The Labute approximate surface area is 114 Å². The van der Waals surface area contributed by atoms with E-state index in [-0.39, 0.29) is 18.4 Å². The van der Waals surface area contributed by atoms with Gasteiger partial charge in [-0.25, -0.2) is 0 Å². The molecule has 5 heteroatoms. The molecule has 0 radical (unpaired) electrons. The number of carboxylic acid groups (broad SMARTS) is 1. The number of aryl methyl sites for hydroxylation is 1. The van der Waals surface area contributed by atoms with Crippen molar-refractivity contribution in [2.24, 2.45) is 5.92 Å². The van der Waals surface area contributed by atoms with Crippen molar-refractivity contribution in [2.45, 2.75) is 19.4 Å². The Balaban J connectivity index is 2.46. The molecule has 0 aliphatic carbocycles. The first-order valence-electron chi connectivity index (χ1n) is 5.66. The lowest BCUT2D eigenvalue weighted by Gasteiger charge is -2.25. The predicted molar refractivity (Wildman–Crippen MR) is 70.1 cm³/mol. The molecule has 1 aromatic carbocycles. The Bertz CT molecular complexity index is 515. The topological polar surface area (TPSA) is 57.6 Å². The van der Waals surface area contributed by atoms with Crippen molar-refractivity contribution in [2.75, 3.05) is 7.05 Å². The Morgan fingerprint density at radius 2 is 2.17 bits per heavy atom. The van der Waals surface area contributed by atoms with Gasteiger partial charge in [0.05, 0.1) is 12.0 Å². The Morgan fingerprint density at radius 3 is 2.72 bits per heavy atom. The van der Waals surface area contributed by atoms with Crippen LogP contribution < -0.4 is 0 Å². The van der Waals surface area contributed by atoms with Crippen LogP contribution in [0.3, 0.4) is 0 Å². The quantitative estimate of drug-likeness (QED) is 0.912. The van der Waals surface area contributed by atoms with Crippen LogP contribution in [0.2, 0.25) is 0 Å². The van der Waals surface area contributed by atoms with Gasteiger partial charge in [0.1, 0.15) is 0 Å². The fourth-order valence-electron chi connectivity index (χ4n) is 2.49. The summed E-state index contributed by atoms with van der Waals surface area (Å²) in [5.41, 5.74) is 1.89. The van der Waals surface area contributed by atoms with Gasteiger partial charge in [-0.2, -0.15) is 0 Å². The first-order chi connectivity index (χ1) is 8.41. The van der Waals surface area contributed by atoms with Gasteiger partial charge in [0.2, 0.25) is 5.91 Å². The van der Waals surface area contributed by atoms with Gasteiger partial charge in [-0.1, -0.05) is 22.0 Å². The van der Waals surface area contributed by atoms with Crippen LogP contribution in [0.25, 0.3) is 0 Å². The average molecular weight is 312 g/mol. The molecular formula is C13H14BrNO3. The summed E-state index contributed by atoms with van der Waals surface area (Å²) < 4.78 is 0.947. The molecule has 1 aliphatic rings. The van der Waals surface area contributed by atoms with Crippen molar-refractivity contribution in [1.29, 1.82) is 0 Å². The number of carboxylic acids is 1. The Hall–Kier alpha value is -1.36. The zero-order valence-electron chi connectivity index (χ0n) is 10.2. The minimum atomic E-state index is -0.917. The standard InChI is InChI=1S/C13H14BrNO3/c1-7-5-8(14)3-4-9(7)12-10(13(17)18)6-11(16)15(12)2/h3-5,10,12H,6H2,1-2H3,(H,17,18). The van der Waals surface area contributed by atoms with Crippen LogP contribution in [-0.4, -0.2) is 28.9 Å². The molecule has 2 unspecified atom stereocenters. The highest BCUT2D eigenvalue weighted by Gasteiger charge is 2.43. The predicted octanol–water partition coefficient (Wildman–Crippen LogP) is 2.36. The number of hydrogen-bond donors (Lipinski definition) is 1. The third kappa shape index (κ3) is 2.14. The lowest BCUT2D eigenvalue weighted by Crippen LogP contribution is -2.27. The van der Waals surface area contributed by atoms with Crippen LogP contribution in [-0.2, 0) is 9.59 Å². The van der Waals surface area contributed by atoms with Crippen molar-refractivity contribution in [3.05, 3.63) is 33.8 Å². The number of halogens is 1. The van der Waals surface area contributed by atoms with Gasteiger partial charge >= 0.3 is 5.97 Å². The van der Waals surface area contributed by atoms with Crippen molar-refractivity contribution < 1.29 is 14.7 Å². The summed E-state index contributed by atoms with van der Waals surface area (Å²) in [6.45, 7) is 1.93. The number of carbonyl (C=O) groups excluding carboxylic acids is 1. The normalized spacial score (nSPS) is 23.5. The summed E-state index contributed by atoms with van der Waals surface area (Å²) in [7, 11) is 1.66. The van der Waals surface area contributed by atoms with Gasteiger partial charge in [0.15, 0.2) is 0 Å². The van der Waals surface area contributed by atoms with E-state index in [2.05, 4.69) is 15.9 Å². The maximum Gasteiger partial charge on any atom is 0.309 e. The second-order valence-electron chi connectivity index (χ2n) is 4.60. The Kier molecular flexibility index (Phi) is 3.43. The molecule has 1 aromatic rings. The SMILES string of the molecule is Cc1cc(Br)ccc1C1C(C(=O)O)CC(=O)N1C. The number of likely N-dealkylation sites (tertiary alicyclic amines) is 1. The molecule has 18 heavy (non-hydrogen) atoms. The average Bonchev–Trinajstić information content (AvgIpc) is 2.57. The molecule has 0 spiro atoms. The number of aliphatic carboxylic acids is 1. The zero-order valence-corrected chi connectivity index (χ0v) is 11.8. The van der Waals surface area contributed by atoms with E-state index < -0.39 is 11.9 Å². The van der Waals surface area contributed by atoms with Gasteiger partial charge in [-0.15, -0.1) is 0 Å². The Morgan fingerprint density at radius 1 is 1.50 bits per heavy atom. The van der Waals surface area contributed by atoms with Crippen LogP contribution in [0, 0.1) is 12.8 Å².